The van der Waals surface area contributed by atoms with Crippen LogP contribution in [0, 0.1) is 0 Å². The zero-order chi connectivity index (χ0) is 21.6. The average molecular weight is 402 g/mol. The van der Waals surface area contributed by atoms with E-state index in [1.807, 2.05) is 0 Å². The van der Waals surface area contributed by atoms with E-state index in [4.69, 9.17) is 18.9 Å². The SMILES string of the molecule is COc1cc(C(=O)Cc2cccnc2NC(=O)OC(C)(C)C)cc(OC)c1OC. The second-order valence-electron chi connectivity index (χ2n) is 7.15. The Labute approximate surface area is 170 Å². The molecule has 0 saturated heterocycles. The molecule has 156 valence electrons. The quantitative estimate of drug-likeness (QED) is 0.702. The van der Waals surface area contributed by atoms with Gasteiger partial charge in [-0.3, -0.25) is 10.1 Å². The molecule has 8 nitrogen and oxygen atoms in total. The Morgan fingerprint density at radius 2 is 1.66 bits per heavy atom. The van der Waals surface area contributed by atoms with Gasteiger partial charge in [-0.15, -0.1) is 0 Å². The molecule has 0 atom stereocenters. The first-order chi connectivity index (χ1) is 13.7. The van der Waals surface area contributed by atoms with Crippen LogP contribution >= 0.6 is 0 Å². The topological polar surface area (TPSA) is 96.0 Å². The summed E-state index contributed by atoms with van der Waals surface area (Å²) in [7, 11) is 4.46. The van der Waals surface area contributed by atoms with Crippen molar-refractivity contribution in [2.24, 2.45) is 0 Å². The predicted octanol–water partition coefficient (Wildman–Crippen LogP) is 3.88. The maximum absolute atomic E-state index is 12.9. The Bertz CT molecular complexity index is 864. The number of amides is 1. The van der Waals surface area contributed by atoms with Gasteiger partial charge in [-0.25, -0.2) is 9.78 Å². The van der Waals surface area contributed by atoms with E-state index in [0.29, 0.717) is 28.4 Å². The van der Waals surface area contributed by atoms with E-state index in [0.717, 1.165) is 0 Å². The molecule has 0 spiro atoms. The molecule has 29 heavy (non-hydrogen) atoms. The molecule has 1 aromatic heterocycles. The summed E-state index contributed by atoms with van der Waals surface area (Å²) in [6.07, 6.45) is 0.898. The molecule has 0 unspecified atom stereocenters. The lowest BCUT2D eigenvalue weighted by Gasteiger charge is -2.20. The number of nitrogens with zero attached hydrogens (tertiary/aromatic N) is 1. The number of methoxy groups -OCH3 is 3. The molecule has 0 fully saturated rings. The van der Waals surface area contributed by atoms with Gasteiger partial charge in [0.2, 0.25) is 5.75 Å². The largest absolute Gasteiger partial charge is 0.493 e. The summed E-state index contributed by atoms with van der Waals surface area (Å²) in [5, 5.41) is 2.59. The second-order valence-corrected chi connectivity index (χ2v) is 7.15. The van der Waals surface area contributed by atoms with Crippen LogP contribution in [0.3, 0.4) is 0 Å². The fraction of sp³-hybridized carbons (Fsp3) is 0.381. The molecule has 0 radical (unpaired) electrons. The zero-order valence-electron chi connectivity index (χ0n) is 17.5. The Morgan fingerprint density at radius 1 is 1.03 bits per heavy atom. The first-order valence-electron chi connectivity index (χ1n) is 8.95. The summed E-state index contributed by atoms with van der Waals surface area (Å²) >= 11 is 0. The molecule has 1 aromatic carbocycles. The van der Waals surface area contributed by atoms with Gasteiger partial charge in [-0.05, 0) is 39.0 Å². The maximum Gasteiger partial charge on any atom is 0.413 e. The van der Waals surface area contributed by atoms with Crippen LogP contribution < -0.4 is 19.5 Å². The number of aromatic nitrogens is 1. The minimum Gasteiger partial charge on any atom is -0.493 e. The number of ether oxygens (including phenoxy) is 4. The van der Waals surface area contributed by atoms with Crippen molar-refractivity contribution >= 4 is 17.7 Å². The van der Waals surface area contributed by atoms with Gasteiger partial charge in [0.15, 0.2) is 17.3 Å². The van der Waals surface area contributed by atoms with Crippen LogP contribution in [0.5, 0.6) is 17.2 Å². The molecule has 1 heterocycles. The summed E-state index contributed by atoms with van der Waals surface area (Å²) in [5.74, 6) is 1.23. The van der Waals surface area contributed by atoms with Crippen molar-refractivity contribution in [1.29, 1.82) is 0 Å². The van der Waals surface area contributed by atoms with E-state index in [-0.39, 0.29) is 18.0 Å². The summed E-state index contributed by atoms with van der Waals surface area (Å²) in [6, 6.07) is 6.58. The molecular formula is C21H26N2O6. The van der Waals surface area contributed by atoms with Gasteiger partial charge in [0.1, 0.15) is 11.4 Å². The van der Waals surface area contributed by atoms with Crippen LogP contribution in [0.15, 0.2) is 30.5 Å². The van der Waals surface area contributed by atoms with Gasteiger partial charge in [0, 0.05) is 23.7 Å². The third-order valence-electron chi connectivity index (χ3n) is 3.85. The number of anilines is 1. The van der Waals surface area contributed by atoms with Gasteiger partial charge in [-0.1, -0.05) is 6.07 Å². The Kier molecular flexibility index (Phi) is 7.03. The number of rotatable bonds is 7. The van der Waals surface area contributed by atoms with Crippen LogP contribution in [0.2, 0.25) is 0 Å². The normalized spacial score (nSPS) is 10.8. The lowest BCUT2D eigenvalue weighted by molar-refractivity contribution is 0.0634. The van der Waals surface area contributed by atoms with Crippen LogP contribution in [0.25, 0.3) is 0 Å². The van der Waals surface area contributed by atoms with Crippen molar-refractivity contribution < 1.29 is 28.5 Å². The molecule has 0 aliphatic heterocycles. The number of carbonyl (C=O) groups is 2. The molecule has 1 amide bonds. The minimum absolute atomic E-state index is 0.0115. The molecule has 0 aliphatic carbocycles. The first-order valence-corrected chi connectivity index (χ1v) is 8.95. The number of carbonyl (C=O) groups excluding carboxylic acids is 2. The van der Waals surface area contributed by atoms with E-state index in [2.05, 4.69) is 10.3 Å². The molecule has 8 heteroatoms. The van der Waals surface area contributed by atoms with Crippen molar-refractivity contribution in [3.8, 4) is 17.2 Å². The summed E-state index contributed by atoms with van der Waals surface area (Å²) < 4.78 is 21.1. The smallest absolute Gasteiger partial charge is 0.413 e. The second kappa shape index (κ2) is 9.27. The van der Waals surface area contributed by atoms with Crippen LogP contribution in [0.4, 0.5) is 10.6 Å². The van der Waals surface area contributed by atoms with E-state index >= 15 is 0 Å². The number of Topliss-reactive ketones (excluding diaryl/α,β-unsaturated/α-hetero) is 1. The molecule has 0 aliphatic rings. The van der Waals surface area contributed by atoms with Gasteiger partial charge in [0.05, 0.1) is 21.3 Å². The Hall–Kier alpha value is -3.29. The third-order valence-corrected chi connectivity index (χ3v) is 3.85. The van der Waals surface area contributed by atoms with E-state index in [1.165, 1.54) is 27.5 Å². The highest BCUT2D eigenvalue weighted by molar-refractivity contribution is 5.99. The molecule has 2 rings (SSSR count). The number of pyridine rings is 1. The monoisotopic (exact) mass is 402 g/mol. The average Bonchev–Trinajstić information content (AvgIpc) is 2.66. The minimum atomic E-state index is -0.648. The molecule has 0 saturated carbocycles. The Morgan fingerprint density at radius 3 is 2.17 bits per heavy atom. The van der Waals surface area contributed by atoms with E-state index < -0.39 is 11.7 Å². The van der Waals surface area contributed by atoms with Gasteiger partial charge < -0.3 is 18.9 Å². The van der Waals surface area contributed by atoms with Crippen molar-refractivity contribution in [3.63, 3.8) is 0 Å². The van der Waals surface area contributed by atoms with Gasteiger partial charge in [-0.2, -0.15) is 0 Å². The zero-order valence-corrected chi connectivity index (χ0v) is 17.5. The number of hydrogen-bond acceptors (Lipinski definition) is 7. The van der Waals surface area contributed by atoms with Gasteiger partial charge >= 0.3 is 6.09 Å². The van der Waals surface area contributed by atoms with Crippen molar-refractivity contribution in [1.82, 2.24) is 4.98 Å². The molecule has 2 aromatic rings. The lowest BCUT2D eigenvalue weighted by Crippen LogP contribution is -2.28. The van der Waals surface area contributed by atoms with E-state index in [1.54, 1.807) is 45.0 Å². The predicted molar refractivity (Wildman–Crippen MR) is 108 cm³/mol. The van der Waals surface area contributed by atoms with E-state index in [9.17, 15) is 9.59 Å². The molecule has 1 N–H and O–H groups in total. The van der Waals surface area contributed by atoms with Crippen molar-refractivity contribution in [2.75, 3.05) is 26.6 Å². The molecular weight excluding hydrogens is 376 g/mol. The van der Waals surface area contributed by atoms with Crippen molar-refractivity contribution in [3.05, 3.63) is 41.6 Å². The van der Waals surface area contributed by atoms with Crippen LogP contribution in [-0.2, 0) is 11.2 Å². The van der Waals surface area contributed by atoms with Crippen LogP contribution in [-0.4, -0.2) is 43.8 Å². The van der Waals surface area contributed by atoms with Gasteiger partial charge in [0.25, 0.3) is 0 Å². The van der Waals surface area contributed by atoms with Crippen molar-refractivity contribution in [2.45, 2.75) is 32.8 Å². The highest BCUT2D eigenvalue weighted by Crippen LogP contribution is 2.38. The molecule has 0 bridgehead atoms. The highest BCUT2D eigenvalue weighted by Gasteiger charge is 2.20. The number of ketones is 1. The summed E-state index contributed by atoms with van der Waals surface area (Å²) in [6.45, 7) is 5.29. The first kappa shape index (κ1) is 22.0. The number of benzene rings is 1. The Balaban J connectivity index is 2.27. The number of nitrogens with one attached hydrogen (secondary N) is 1. The standard InChI is InChI=1S/C21H26N2O6/c1-21(2,3)29-20(25)23-19-13(8-7-9-22-19)10-15(24)14-11-16(26-4)18(28-6)17(12-14)27-5/h7-9,11-12H,10H2,1-6H3,(H,22,23,25). The highest BCUT2D eigenvalue weighted by atomic mass is 16.6. The summed E-state index contributed by atoms with van der Waals surface area (Å²) in [4.78, 5) is 29.1. The summed E-state index contributed by atoms with van der Waals surface area (Å²) in [5.41, 5.74) is 0.286. The maximum atomic E-state index is 12.9. The fourth-order valence-electron chi connectivity index (χ4n) is 2.61. The fourth-order valence-corrected chi connectivity index (χ4v) is 2.61. The lowest BCUT2D eigenvalue weighted by atomic mass is 10.0. The number of hydrogen-bond donors (Lipinski definition) is 1. The third kappa shape index (κ3) is 5.84. The van der Waals surface area contributed by atoms with Crippen LogP contribution in [0.1, 0.15) is 36.7 Å².